The average molecular weight is 314 g/mol. The van der Waals surface area contributed by atoms with Crippen LogP contribution < -0.4 is 0 Å². The lowest BCUT2D eigenvalue weighted by atomic mass is 10.1. The van der Waals surface area contributed by atoms with Gasteiger partial charge in [0.15, 0.2) is 5.76 Å². The van der Waals surface area contributed by atoms with Gasteiger partial charge in [0.05, 0.1) is 23.6 Å². The number of aromatic nitrogens is 1. The first-order chi connectivity index (χ1) is 11.2. The van der Waals surface area contributed by atoms with Crippen LogP contribution in [0.1, 0.15) is 35.8 Å². The average Bonchev–Trinajstić information content (AvgIpc) is 3.09. The van der Waals surface area contributed by atoms with Crippen LogP contribution in [0.2, 0.25) is 0 Å². The van der Waals surface area contributed by atoms with E-state index in [1.165, 1.54) is 0 Å². The van der Waals surface area contributed by atoms with Gasteiger partial charge >= 0.3 is 0 Å². The summed E-state index contributed by atoms with van der Waals surface area (Å²) in [5, 5.41) is 0. The molecular formula is C18H22N2O3. The van der Waals surface area contributed by atoms with Crippen molar-refractivity contribution in [3.05, 3.63) is 41.8 Å². The Kier molecular flexibility index (Phi) is 4.76. The molecule has 2 aromatic rings. The normalized spacial score (nSPS) is 18.2. The number of piperidine rings is 1. The molecule has 0 spiro atoms. The van der Waals surface area contributed by atoms with E-state index in [4.69, 9.17) is 9.15 Å². The monoisotopic (exact) mass is 314 g/mol. The Morgan fingerprint density at radius 3 is 3.00 bits per heavy atom. The van der Waals surface area contributed by atoms with Gasteiger partial charge in [0.2, 0.25) is 0 Å². The number of aryl methyl sites for hydroxylation is 1. The SMILES string of the molecule is CCOC1CCCN(C(=O)c2ccc(-c3ccco3)nc2C)C1. The third kappa shape index (κ3) is 3.45. The molecule has 1 unspecified atom stereocenters. The summed E-state index contributed by atoms with van der Waals surface area (Å²) in [4.78, 5) is 19.2. The molecule has 1 fully saturated rings. The van der Waals surface area contributed by atoms with Crippen molar-refractivity contribution in [3.8, 4) is 11.5 Å². The van der Waals surface area contributed by atoms with E-state index in [2.05, 4.69) is 4.98 Å². The fourth-order valence-corrected chi connectivity index (χ4v) is 3.01. The van der Waals surface area contributed by atoms with Crippen LogP contribution in [0.25, 0.3) is 11.5 Å². The molecule has 3 rings (SSSR count). The van der Waals surface area contributed by atoms with Crippen LogP contribution in [0.15, 0.2) is 34.9 Å². The summed E-state index contributed by atoms with van der Waals surface area (Å²) in [7, 11) is 0. The fourth-order valence-electron chi connectivity index (χ4n) is 3.01. The number of likely N-dealkylation sites (tertiary alicyclic amines) is 1. The first kappa shape index (κ1) is 15.7. The summed E-state index contributed by atoms with van der Waals surface area (Å²) >= 11 is 0. The molecule has 0 radical (unpaired) electrons. The molecule has 1 saturated heterocycles. The summed E-state index contributed by atoms with van der Waals surface area (Å²) in [6.07, 6.45) is 3.76. The third-order valence-corrected chi connectivity index (χ3v) is 4.16. The van der Waals surface area contributed by atoms with E-state index >= 15 is 0 Å². The lowest BCUT2D eigenvalue weighted by Crippen LogP contribution is -2.43. The topological polar surface area (TPSA) is 55.6 Å². The maximum atomic E-state index is 12.8. The first-order valence-electron chi connectivity index (χ1n) is 8.11. The molecule has 0 aromatic carbocycles. The second-order valence-electron chi connectivity index (χ2n) is 5.78. The van der Waals surface area contributed by atoms with Crippen molar-refractivity contribution in [2.24, 2.45) is 0 Å². The molecule has 1 amide bonds. The summed E-state index contributed by atoms with van der Waals surface area (Å²) in [6.45, 7) is 5.98. The van der Waals surface area contributed by atoms with Crippen molar-refractivity contribution in [2.45, 2.75) is 32.8 Å². The molecule has 1 aliphatic rings. The summed E-state index contributed by atoms with van der Waals surface area (Å²) in [5.74, 6) is 0.742. The zero-order valence-electron chi connectivity index (χ0n) is 13.6. The minimum Gasteiger partial charge on any atom is -0.463 e. The predicted octanol–water partition coefficient (Wildman–Crippen LogP) is 3.29. The molecule has 2 aromatic heterocycles. The number of rotatable bonds is 4. The Morgan fingerprint density at radius 1 is 1.43 bits per heavy atom. The molecular weight excluding hydrogens is 292 g/mol. The van der Waals surface area contributed by atoms with Crippen LogP contribution in [-0.2, 0) is 4.74 Å². The molecule has 0 aliphatic carbocycles. The Morgan fingerprint density at radius 2 is 2.30 bits per heavy atom. The quantitative estimate of drug-likeness (QED) is 0.869. The Labute approximate surface area is 136 Å². The number of ether oxygens (including phenoxy) is 1. The number of amides is 1. The first-order valence-corrected chi connectivity index (χ1v) is 8.11. The van der Waals surface area contributed by atoms with E-state index in [-0.39, 0.29) is 12.0 Å². The molecule has 5 heteroatoms. The molecule has 1 aliphatic heterocycles. The minimum absolute atomic E-state index is 0.0328. The van der Waals surface area contributed by atoms with E-state index in [1.807, 2.05) is 43.0 Å². The zero-order chi connectivity index (χ0) is 16.2. The predicted molar refractivity (Wildman–Crippen MR) is 87.2 cm³/mol. The van der Waals surface area contributed by atoms with Crippen molar-refractivity contribution in [1.82, 2.24) is 9.88 Å². The molecule has 0 N–H and O–H groups in total. The highest BCUT2D eigenvalue weighted by Crippen LogP contribution is 2.21. The lowest BCUT2D eigenvalue weighted by Gasteiger charge is -2.32. The van der Waals surface area contributed by atoms with Gasteiger partial charge < -0.3 is 14.1 Å². The maximum Gasteiger partial charge on any atom is 0.255 e. The van der Waals surface area contributed by atoms with Crippen LogP contribution in [0.4, 0.5) is 0 Å². The third-order valence-electron chi connectivity index (χ3n) is 4.16. The number of carbonyl (C=O) groups is 1. The van der Waals surface area contributed by atoms with Gasteiger partial charge in [-0.05, 0) is 51.0 Å². The van der Waals surface area contributed by atoms with Gasteiger partial charge in [-0.25, -0.2) is 4.98 Å². The van der Waals surface area contributed by atoms with Gasteiger partial charge in [-0.2, -0.15) is 0 Å². The number of furan rings is 1. The lowest BCUT2D eigenvalue weighted by molar-refractivity contribution is 0.00719. The number of carbonyl (C=O) groups excluding carboxylic acids is 1. The van der Waals surface area contributed by atoms with Crippen molar-refractivity contribution in [1.29, 1.82) is 0 Å². The second-order valence-corrected chi connectivity index (χ2v) is 5.78. The molecule has 3 heterocycles. The number of hydrogen-bond donors (Lipinski definition) is 0. The summed E-state index contributed by atoms with van der Waals surface area (Å²) in [6, 6.07) is 7.36. The highest BCUT2D eigenvalue weighted by atomic mass is 16.5. The van der Waals surface area contributed by atoms with Crippen molar-refractivity contribution < 1.29 is 13.9 Å². The zero-order valence-corrected chi connectivity index (χ0v) is 13.6. The van der Waals surface area contributed by atoms with E-state index in [0.717, 1.165) is 30.8 Å². The van der Waals surface area contributed by atoms with E-state index in [0.29, 0.717) is 24.5 Å². The second kappa shape index (κ2) is 6.96. The van der Waals surface area contributed by atoms with Crippen LogP contribution >= 0.6 is 0 Å². The van der Waals surface area contributed by atoms with E-state index < -0.39 is 0 Å². The fraction of sp³-hybridized carbons (Fsp3) is 0.444. The van der Waals surface area contributed by atoms with Crippen molar-refractivity contribution >= 4 is 5.91 Å². The summed E-state index contributed by atoms with van der Waals surface area (Å²) < 4.78 is 11.0. The van der Waals surface area contributed by atoms with Gasteiger partial charge in [-0.3, -0.25) is 4.79 Å². The van der Waals surface area contributed by atoms with Crippen molar-refractivity contribution in [3.63, 3.8) is 0 Å². The van der Waals surface area contributed by atoms with Gasteiger partial charge in [0.1, 0.15) is 5.69 Å². The Hall–Kier alpha value is -2.14. The summed E-state index contributed by atoms with van der Waals surface area (Å²) in [5.41, 5.74) is 2.12. The largest absolute Gasteiger partial charge is 0.463 e. The molecule has 0 bridgehead atoms. The number of pyridine rings is 1. The van der Waals surface area contributed by atoms with Gasteiger partial charge in [-0.1, -0.05) is 0 Å². The van der Waals surface area contributed by atoms with Crippen LogP contribution in [0.5, 0.6) is 0 Å². The number of hydrogen-bond acceptors (Lipinski definition) is 4. The van der Waals surface area contributed by atoms with Crippen LogP contribution in [0, 0.1) is 6.92 Å². The van der Waals surface area contributed by atoms with Gasteiger partial charge in [0.25, 0.3) is 5.91 Å². The Bertz CT molecular complexity index is 665. The van der Waals surface area contributed by atoms with Gasteiger partial charge in [-0.15, -0.1) is 0 Å². The van der Waals surface area contributed by atoms with E-state index in [9.17, 15) is 4.79 Å². The molecule has 1 atom stereocenters. The van der Waals surface area contributed by atoms with E-state index in [1.54, 1.807) is 6.26 Å². The van der Waals surface area contributed by atoms with Crippen LogP contribution in [-0.4, -0.2) is 41.6 Å². The highest BCUT2D eigenvalue weighted by Gasteiger charge is 2.26. The maximum absolute atomic E-state index is 12.8. The van der Waals surface area contributed by atoms with Gasteiger partial charge in [0, 0.05) is 19.7 Å². The highest BCUT2D eigenvalue weighted by molar-refractivity contribution is 5.95. The van der Waals surface area contributed by atoms with Crippen LogP contribution in [0.3, 0.4) is 0 Å². The molecule has 5 nitrogen and oxygen atoms in total. The Balaban J connectivity index is 1.77. The smallest absolute Gasteiger partial charge is 0.255 e. The minimum atomic E-state index is 0.0328. The molecule has 23 heavy (non-hydrogen) atoms. The number of nitrogens with zero attached hydrogens (tertiary/aromatic N) is 2. The molecule has 0 saturated carbocycles. The van der Waals surface area contributed by atoms with Crippen molar-refractivity contribution in [2.75, 3.05) is 19.7 Å². The standard InChI is InChI=1S/C18H22N2O3/c1-3-22-14-6-4-10-20(12-14)18(21)15-8-9-16(19-13(15)2)17-7-5-11-23-17/h5,7-9,11,14H,3-4,6,10,12H2,1-2H3. The molecule has 122 valence electrons.